The van der Waals surface area contributed by atoms with Crippen LogP contribution >= 0.6 is 0 Å². The zero-order valence-electron chi connectivity index (χ0n) is 11.7. The van der Waals surface area contributed by atoms with Gasteiger partial charge in [-0.2, -0.15) is 0 Å². The van der Waals surface area contributed by atoms with Crippen LogP contribution in [0.25, 0.3) is 0 Å². The second-order valence-corrected chi connectivity index (χ2v) is 8.66. The van der Waals surface area contributed by atoms with Crippen molar-refractivity contribution in [3.05, 3.63) is 35.9 Å². The van der Waals surface area contributed by atoms with Gasteiger partial charge in [0.05, 0.1) is 4.75 Å². The van der Waals surface area contributed by atoms with Gasteiger partial charge in [0.15, 0.2) is 0 Å². The number of hydrogen-bond acceptors (Lipinski definition) is 3. The van der Waals surface area contributed by atoms with Gasteiger partial charge in [-0.1, -0.05) is 37.3 Å². The molecular formula is C15H19NO3S. The maximum atomic E-state index is 12.2. The maximum absolute atomic E-state index is 12.2. The van der Waals surface area contributed by atoms with Crippen molar-refractivity contribution in [2.75, 3.05) is 0 Å². The van der Waals surface area contributed by atoms with E-state index in [4.69, 9.17) is 0 Å². The molecule has 3 rings (SSSR count). The third-order valence-corrected chi connectivity index (χ3v) is 7.00. The van der Waals surface area contributed by atoms with E-state index >= 15 is 0 Å². The van der Waals surface area contributed by atoms with Crippen LogP contribution in [0.3, 0.4) is 0 Å². The molecule has 2 aliphatic carbocycles. The quantitative estimate of drug-likeness (QED) is 0.923. The number of sulfonamides is 1. The Kier molecular flexibility index (Phi) is 2.77. The molecular weight excluding hydrogens is 274 g/mol. The number of nitrogens with one attached hydrogen (secondary N) is 1. The second-order valence-electron chi connectivity index (χ2n) is 6.46. The van der Waals surface area contributed by atoms with Crippen molar-refractivity contribution in [2.45, 2.75) is 43.3 Å². The summed E-state index contributed by atoms with van der Waals surface area (Å²) in [5.74, 6) is -0.605. The molecule has 2 saturated carbocycles. The summed E-state index contributed by atoms with van der Waals surface area (Å²) in [6.07, 6.45) is 1.97. The molecule has 5 heteroatoms. The van der Waals surface area contributed by atoms with Crippen molar-refractivity contribution >= 4 is 15.9 Å². The van der Waals surface area contributed by atoms with Crippen LogP contribution in [0.5, 0.6) is 0 Å². The Morgan fingerprint density at radius 2 is 1.80 bits per heavy atom. The van der Waals surface area contributed by atoms with Crippen LogP contribution < -0.4 is 4.72 Å². The minimum absolute atomic E-state index is 0.231. The highest BCUT2D eigenvalue weighted by Gasteiger charge is 2.58. The molecule has 0 aliphatic heterocycles. The summed E-state index contributed by atoms with van der Waals surface area (Å²) in [7, 11) is -3.52. The monoisotopic (exact) mass is 293 g/mol. The Balaban J connectivity index is 1.72. The zero-order chi connectivity index (χ0) is 14.6. The summed E-state index contributed by atoms with van der Waals surface area (Å²) in [6, 6.07) is 9.79. The van der Waals surface area contributed by atoms with Crippen LogP contribution in [0.4, 0.5) is 0 Å². The molecule has 1 amide bonds. The Morgan fingerprint density at radius 1 is 1.20 bits per heavy atom. The van der Waals surface area contributed by atoms with Crippen molar-refractivity contribution in [1.82, 2.24) is 4.72 Å². The summed E-state index contributed by atoms with van der Waals surface area (Å²) in [5, 5.41) is 0. The molecule has 108 valence electrons. The van der Waals surface area contributed by atoms with Crippen LogP contribution in [-0.4, -0.2) is 19.1 Å². The molecule has 0 radical (unpaired) electrons. The topological polar surface area (TPSA) is 63.2 Å². The fraction of sp³-hybridized carbons (Fsp3) is 0.533. The number of rotatable bonds is 4. The Labute approximate surface area is 119 Å². The predicted octanol–water partition coefficient (Wildman–Crippen LogP) is 1.96. The number of benzene rings is 1. The molecule has 0 saturated heterocycles. The van der Waals surface area contributed by atoms with Crippen molar-refractivity contribution in [2.24, 2.45) is 5.92 Å². The van der Waals surface area contributed by atoms with Crippen LogP contribution in [0.15, 0.2) is 30.3 Å². The molecule has 0 bridgehead atoms. The minimum atomic E-state index is -3.52. The SMILES string of the molecule is CC1(S(=O)(=O)NC(=O)[C@@H]2C[C@@]2(C)c2ccccc2)CC1. The molecule has 2 aliphatic rings. The van der Waals surface area contributed by atoms with Crippen LogP contribution in [0.2, 0.25) is 0 Å². The second kappa shape index (κ2) is 4.07. The van der Waals surface area contributed by atoms with Gasteiger partial charge in [0.1, 0.15) is 0 Å². The standard InChI is InChI=1S/C15H19NO3S/c1-14(8-9-14)20(18,19)16-13(17)12-10-15(12,2)11-6-4-3-5-7-11/h3-7,12H,8-10H2,1-2H3,(H,16,17)/t12-,15-/m0/s1. The molecule has 0 heterocycles. The number of amides is 1. The predicted molar refractivity (Wildman–Crippen MR) is 76.6 cm³/mol. The zero-order valence-corrected chi connectivity index (χ0v) is 12.5. The lowest BCUT2D eigenvalue weighted by atomic mass is 9.95. The highest BCUT2D eigenvalue weighted by molar-refractivity contribution is 7.91. The molecule has 0 spiro atoms. The maximum Gasteiger partial charge on any atom is 0.240 e. The summed E-state index contributed by atoms with van der Waals surface area (Å²) < 4.78 is 25.7. The van der Waals surface area contributed by atoms with Gasteiger partial charge >= 0.3 is 0 Å². The lowest BCUT2D eigenvalue weighted by Gasteiger charge is -2.14. The van der Waals surface area contributed by atoms with E-state index in [0.29, 0.717) is 19.3 Å². The molecule has 2 fully saturated rings. The van der Waals surface area contributed by atoms with E-state index in [2.05, 4.69) is 4.72 Å². The van der Waals surface area contributed by atoms with E-state index in [-0.39, 0.29) is 17.2 Å². The number of hydrogen-bond donors (Lipinski definition) is 1. The van der Waals surface area contributed by atoms with Gasteiger partial charge in [-0.15, -0.1) is 0 Å². The van der Waals surface area contributed by atoms with Gasteiger partial charge < -0.3 is 0 Å². The van der Waals surface area contributed by atoms with Crippen LogP contribution in [0.1, 0.15) is 38.7 Å². The van der Waals surface area contributed by atoms with Gasteiger partial charge in [-0.25, -0.2) is 8.42 Å². The van der Waals surface area contributed by atoms with Crippen molar-refractivity contribution in [3.63, 3.8) is 0 Å². The summed E-state index contributed by atoms with van der Waals surface area (Å²) >= 11 is 0. The molecule has 20 heavy (non-hydrogen) atoms. The molecule has 4 nitrogen and oxygen atoms in total. The van der Waals surface area contributed by atoms with Gasteiger partial charge in [0, 0.05) is 11.3 Å². The van der Waals surface area contributed by atoms with Gasteiger partial charge in [-0.05, 0) is 31.7 Å². The first-order chi connectivity index (χ1) is 9.29. The lowest BCUT2D eigenvalue weighted by Crippen LogP contribution is -2.40. The highest BCUT2D eigenvalue weighted by atomic mass is 32.2. The first-order valence-corrected chi connectivity index (χ1v) is 8.39. The minimum Gasteiger partial charge on any atom is -0.274 e. The van der Waals surface area contributed by atoms with E-state index in [1.54, 1.807) is 6.92 Å². The van der Waals surface area contributed by atoms with E-state index in [9.17, 15) is 13.2 Å². The van der Waals surface area contributed by atoms with Crippen LogP contribution in [0, 0.1) is 5.92 Å². The summed E-state index contributed by atoms with van der Waals surface area (Å²) in [6.45, 7) is 3.70. The fourth-order valence-corrected chi connectivity index (χ4v) is 3.95. The average molecular weight is 293 g/mol. The van der Waals surface area contributed by atoms with E-state index in [1.165, 1.54) is 0 Å². The normalized spacial score (nSPS) is 30.6. The molecule has 1 aromatic rings. The van der Waals surface area contributed by atoms with E-state index in [0.717, 1.165) is 5.56 Å². The molecule has 0 unspecified atom stereocenters. The first-order valence-electron chi connectivity index (χ1n) is 6.90. The van der Waals surface area contributed by atoms with E-state index < -0.39 is 14.8 Å². The van der Waals surface area contributed by atoms with Crippen LogP contribution in [-0.2, 0) is 20.2 Å². The van der Waals surface area contributed by atoms with Crippen molar-refractivity contribution < 1.29 is 13.2 Å². The smallest absolute Gasteiger partial charge is 0.240 e. The number of carbonyl (C=O) groups excluding carboxylic acids is 1. The van der Waals surface area contributed by atoms with Crippen molar-refractivity contribution in [3.8, 4) is 0 Å². The highest BCUT2D eigenvalue weighted by Crippen LogP contribution is 2.54. The Morgan fingerprint density at radius 3 is 2.35 bits per heavy atom. The van der Waals surface area contributed by atoms with Crippen molar-refractivity contribution in [1.29, 1.82) is 0 Å². The summed E-state index contributed by atoms with van der Waals surface area (Å²) in [4.78, 5) is 12.2. The Hall–Kier alpha value is -1.36. The lowest BCUT2D eigenvalue weighted by molar-refractivity contribution is -0.120. The Bertz CT molecular complexity index is 649. The van der Waals surface area contributed by atoms with Gasteiger partial charge in [0.25, 0.3) is 0 Å². The largest absolute Gasteiger partial charge is 0.274 e. The fourth-order valence-electron chi connectivity index (χ4n) is 2.66. The molecule has 2 atom stereocenters. The van der Waals surface area contributed by atoms with Gasteiger partial charge in [0.2, 0.25) is 15.9 Å². The number of carbonyl (C=O) groups is 1. The molecule has 0 aromatic heterocycles. The molecule has 1 aromatic carbocycles. The first kappa shape index (κ1) is 13.6. The van der Waals surface area contributed by atoms with E-state index in [1.807, 2.05) is 37.3 Å². The third-order valence-electron chi connectivity index (χ3n) is 4.82. The molecule has 1 N–H and O–H groups in total. The third kappa shape index (κ3) is 2.04. The van der Waals surface area contributed by atoms with Gasteiger partial charge in [-0.3, -0.25) is 9.52 Å². The average Bonchev–Trinajstić information content (AvgIpc) is 3.29. The summed E-state index contributed by atoms with van der Waals surface area (Å²) in [5.41, 5.74) is 0.862.